The molecule has 240 valence electrons. The van der Waals surface area contributed by atoms with Gasteiger partial charge < -0.3 is 4.90 Å². The number of aryl methyl sites for hydroxylation is 2. The second kappa shape index (κ2) is 11.5. The van der Waals surface area contributed by atoms with Crippen molar-refractivity contribution < 1.29 is 19.2 Å². The van der Waals surface area contributed by atoms with Crippen molar-refractivity contribution in [2.75, 3.05) is 29.5 Å². The molecule has 0 aromatic heterocycles. The Bertz CT molecular complexity index is 1940. The molecule has 10 heteroatoms. The predicted molar refractivity (Wildman–Crippen MR) is 185 cm³/mol. The highest BCUT2D eigenvalue weighted by molar-refractivity contribution is 7.99. The zero-order valence-electron chi connectivity index (χ0n) is 26.8. The third kappa shape index (κ3) is 4.60. The maximum atomic E-state index is 14.0. The summed E-state index contributed by atoms with van der Waals surface area (Å²) in [7, 11) is 0. The van der Waals surface area contributed by atoms with Crippen LogP contribution in [0.15, 0.2) is 54.6 Å². The number of carbonyl (C=O) groups is 4. The fourth-order valence-corrected chi connectivity index (χ4v) is 8.84. The summed E-state index contributed by atoms with van der Waals surface area (Å²) >= 11 is 1.94. The molecule has 1 fully saturated rings. The Morgan fingerprint density at radius 2 is 1.17 bits per heavy atom. The summed E-state index contributed by atoms with van der Waals surface area (Å²) in [5.41, 5.74) is 5.56. The van der Waals surface area contributed by atoms with Gasteiger partial charge in [-0.1, -0.05) is 31.2 Å². The van der Waals surface area contributed by atoms with Crippen molar-refractivity contribution in [1.82, 2.24) is 20.4 Å². The number of carbonyl (C=O) groups excluding carboxylic acids is 4. The van der Waals surface area contributed by atoms with Crippen molar-refractivity contribution in [3.63, 3.8) is 0 Å². The molecule has 4 aromatic rings. The highest BCUT2D eigenvalue weighted by Crippen LogP contribution is 2.39. The zero-order chi connectivity index (χ0) is 32.6. The third-order valence-corrected chi connectivity index (χ3v) is 11.2. The minimum atomic E-state index is -0.664. The van der Waals surface area contributed by atoms with E-state index in [0.717, 1.165) is 59.3 Å². The molecule has 4 amide bonds. The third-order valence-electron chi connectivity index (χ3n) is 10.2. The van der Waals surface area contributed by atoms with Gasteiger partial charge in [0, 0.05) is 68.7 Å². The largest absolute Gasteiger partial charge is 0.369 e. The standard InChI is InChI=1S/C37H37N5O4S/c1-4-30(39-21(3)42-36(45)27-12-10-22-8-9-23-11-13-28(37(42)46)33(27)31(22)23)38-20(2)41-34(43)25-7-5-6-24-29(40-16-18-47-19-17-40)15-14-26(32(24)25)35(41)44/h5-7,10-15,20-21,30,38-39H,4,8-9,16-19H2,1-3H3. The summed E-state index contributed by atoms with van der Waals surface area (Å²) < 4.78 is 0. The molecule has 4 aliphatic rings. The van der Waals surface area contributed by atoms with Crippen LogP contribution in [0.5, 0.6) is 0 Å². The van der Waals surface area contributed by atoms with Crippen LogP contribution >= 0.6 is 11.8 Å². The van der Waals surface area contributed by atoms with E-state index in [1.807, 2.05) is 67.2 Å². The second-order valence-corrected chi connectivity index (χ2v) is 14.1. The summed E-state index contributed by atoms with van der Waals surface area (Å²) in [4.78, 5) is 60.4. The van der Waals surface area contributed by atoms with E-state index in [1.165, 1.54) is 20.9 Å². The van der Waals surface area contributed by atoms with Crippen LogP contribution in [0.25, 0.3) is 21.5 Å². The van der Waals surface area contributed by atoms with Gasteiger partial charge in [-0.05, 0) is 80.0 Å². The van der Waals surface area contributed by atoms with Crippen molar-refractivity contribution in [2.24, 2.45) is 0 Å². The summed E-state index contributed by atoms with van der Waals surface area (Å²) in [6, 6.07) is 17.3. The molecule has 8 rings (SSSR count). The van der Waals surface area contributed by atoms with Gasteiger partial charge in [-0.15, -0.1) is 0 Å². The fraction of sp³-hybridized carbons (Fsp3) is 0.351. The van der Waals surface area contributed by atoms with E-state index in [0.29, 0.717) is 34.1 Å². The van der Waals surface area contributed by atoms with Crippen LogP contribution in [0.3, 0.4) is 0 Å². The van der Waals surface area contributed by atoms with E-state index in [2.05, 4.69) is 15.5 Å². The Morgan fingerprint density at radius 3 is 1.72 bits per heavy atom. The van der Waals surface area contributed by atoms with Crippen LogP contribution in [-0.2, 0) is 12.8 Å². The van der Waals surface area contributed by atoms with Gasteiger partial charge in [0.2, 0.25) is 0 Å². The molecular weight excluding hydrogens is 611 g/mol. The number of amides is 4. The van der Waals surface area contributed by atoms with Crippen LogP contribution in [0.1, 0.15) is 79.8 Å². The zero-order valence-corrected chi connectivity index (χ0v) is 27.6. The number of imide groups is 2. The van der Waals surface area contributed by atoms with E-state index in [1.54, 1.807) is 19.9 Å². The maximum Gasteiger partial charge on any atom is 0.262 e. The van der Waals surface area contributed by atoms with Crippen molar-refractivity contribution in [2.45, 2.75) is 58.5 Å². The highest BCUT2D eigenvalue weighted by Gasteiger charge is 2.40. The molecule has 0 bridgehead atoms. The number of thioether (sulfide) groups is 1. The molecule has 0 radical (unpaired) electrons. The number of benzene rings is 4. The molecule has 1 saturated heterocycles. The SMILES string of the molecule is CCC(NC(C)N1C(=O)c2cccc3c(N4CCSCC4)ccc(c23)C1=O)NC(C)N1C(=O)c2ccc3c4c(ccc(c24)C1=O)CC3. The molecule has 1 aliphatic carbocycles. The summed E-state index contributed by atoms with van der Waals surface area (Å²) in [6.07, 6.45) is 0.686. The Kier molecular flexibility index (Phi) is 7.35. The van der Waals surface area contributed by atoms with Gasteiger partial charge in [0.1, 0.15) is 0 Å². The van der Waals surface area contributed by atoms with Gasteiger partial charge in [0.15, 0.2) is 0 Å². The van der Waals surface area contributed by atoms with Gasteiger partial charge in [-0.2, -0.15) is 11.8 Å². The lowest BCUT2D eigenvalue weighted by molar-refractivity contribution is 0.0473. The normalized spacial score (nSPS) is 19.3. The maximum absolute atomic E-state index is 14.0. The van der Waals surface area contributed by atoms with E-state index in [4.69, 9.17) is 0 Å². The van der Waals surface area contributed by atoms with Gasteiger partial charge in [0.05, 0.1) is 18.5 Å². The average molecular weight is 648 g/mol. The first-order valence-electron chi connectivity index (χ1n) is 16.5. The number of rotatable bonds is 8. The molecule has 0 spiro atoms. The van der Waals surface area contributed by atoms with Crippen LogP contribution in [0.4, 0.5) is 5.69 Å². The van der Waals surface area contributed by atoms with Crippen LogP contribution < -0.4 is 15.5 Å². The number of nitrogens with zero attached hydrogens (tertiary/aromatic N) is 3. The molecule has 3 heterocycles. The lowest BCUT2D eigenvalue weighted by Gasteiger charge is -2.38. The van der Waals surface area contributed by atoms with Crippen LogP contribution in [-0.4, -0.2) is 76.5 Å². The lowest BCUT2D eigenvalue weighted by Crippen LogP contribution is -2.61. The molecule has 2 N–H and O–H groups in total. The Morgan fingerprint density at radius 1 is 0.660 bits per heavy atom. The molecule has 4 aromatic carbocycles. The first-order valence-corrected chi connectivity index (χ1v) is 17.7. The molecule has 0 saturated carbocycles. The summed E-state index contributed by atoms with van der Waals surface area (Å²) in [6.45, 7) is 7.41. The first-order chi connectivity index (χ1) is 22.8. The summed E-state index contributed by atoms with van der Waals surface area (Å²) in [5.74, 6) is 0.765. The average Bonchev–Trinajstić information content (AvgIpc) is 3.51. The highest BCUT2D eigenvalue weighted by atomic mass is 32.2. The Labute approximate surface area is 277 Å². The molecule has 3 unspecified atom stereocenters. The molecule has 3 aliphatic heterocycles. The topological polar surface area (TPSA) is 102 Å². The summed E-state index contributed by atoms with van der Waals surface area (Å²) in [5, 5.41) is 10.3. The molecule has 47 heavy (non-hydrogen) atoms. The molecule has 3 atom stereocenters. The van der Waals surface area contributed by atoms with Gasteiger partial charge in [-0.25, -0.2) is 0 Å². The Balaban J connectivity index is 1.03. The predicted octanol–water partition coefficient (Wildman–Crippen LogP) is 5.14. The minimum Gasteiger partial charge on any atom is -0.369 e. The van der Waals surface area contributed by atoms with E-state index in [-0.39, 0.29) is 23.6 Å². The van der Waals surface area contributed by atoms with E-state index < -0.39 is 18.5 Å². The van der Waals surface area contributed by atoms with Crippen molar-refractivity contribution >= 4 is 62.6 Å². The number of hydrogen-bond donors (Lipinski definition) is 2. The first kappa shape index (κ1) is 30.1. The minimum absolute atomic E-state index is 0.324. The fourth-order valence-electron chi connectivity index (χ4n) is 7.94. The second-order valence-electron chi connectivity index (χ2n) is 12.9. The Hall–Kier alpha value is -4.25. The quantitative estimate of drug-likeness (QED) is 0.200. The number of nitrogens with one attached hydrogen (secondary N) is 2. The molecular formula is C37H37N5O4S. The monoisotopic (exact) mass is 647 g/mol. The van der Waals surface area contributed by atoms with Gasteiger partial charge in [-0.3, -0.25) is 39.6 Å². The van der Waals surface area contributed by atoms with Crippen molar-refractivity contribution in [3.05, 3.63) is 88.0 Å². The van der Waals surface area contributed by atoms with E-state index in [9.17, 15) is 19.2 Å². The van der Waals surface area contributed by atoms with E-state index >= 15 is 0 Å². The smallest absolute Gasteiger partial charge is 0.262 e. The van der Waals surface area contributed by atoms with Crippen molar-refractivity contribution in [1.29, 1.82) is 0 Å². The lowest BCUT2D eigenvalue weighted by atomic mass is 9.91. The van der Waals surface area contributed by atoms with Crippen LogP contribution in [0, 0.1) is 0 Å². The van der Waals surface area contributed by atoms with Gasteiger partial charge >= 0.3 is 0 Å². The number of hydrogen-bond acceptors (Lipinski definition) is 8. The number of anilines is 1. The van der Waals surface area contributed by atoms with Crippen molar-refractivity contribution in [3.8, 4) is 0 Å². The molecule has 9 nitrogen and oxygen atoms in total. The van der Waals surface area contributed by atoms with Crippen LogP contribution in [0.2, 0.25) is 0 Å². The van der Waals surface area contributed by atoms with Gasteiger partial charge in [0.25, 0.3) is 23.6 Å².